The van der Waals surface area contributed by atoms with Crippen molar-refractivity contribution in [2.45, 2.75) is 40.3 Å². The summed E-state index contributed by atoms with van der Waals surface area (Å²) in [5, 5.41) is 4.48. The lowest BCUT2D eigenvalue weighted by molar-refractivity contribution is 0.224. The molecular formula is C20H27N5O4. The van der Waals surface area contributed by atoms with Crippen molar-refractivity contribution < 1.29 is 14.0 Å². The van der Waals surface area contributed by atoms with Gasteiger partial charge in [0.25, 0.3) is 5.56 Å². The van der Waals surface area contributed by atoms with E-state index in [2.05, 4.69) is 38.9 Å². The van der Waals surface area contributed by atoms with Gasteiger partial charge in [0, 0.05) is 12.5 Å². The standard InChI is InChI=1S/C20H27N5O4/c1-6-25(11-19-22-17(24-29-19)7-12(2)3)10-18-21-14-9-16(28-5)15(27-4)8-13(14)20(26)23-18/h8-9,12H,6-7,10-11H2,1-5H3,(H,21,23,26). The van der Waals surface area contributed by atoms with Crippen LogP contribution in [0.4, 0.5) is 0 Å². The van der Waals surface area contributed by atoms with E-state index in [0.29, 0.717) is 58.9 Å². The van der Waals surface area contributed by atoms with Crippen molar-refractivity contribution in [1.82, 2.24) is 25.0 Å². The number of nitrogens with zero attached hydrogens (tertiary/aromatic N) is 4. The minimum absolute atomic E-state index is 0.223. The SMILES string of the molecule is CCN(Cc1nc2cc(OC)c(OC)cc2c(=O)[nH]1)Cc1nc(CC(C)C)no1. The molecule has 156 valence electrons. The minimum Gasteiger partial charge on any atom is -0.493 e. The first-order valence-corrected chi connectivity index (χ1v) is 9.62. The second-order valence-electron chi connectivity index (χ2n) is 7.24. The van der Waals surface area contributed by atoms with Gasteiger partial charge in [-0.05, 0) is 18.5 Å². The molecule has 0 saturated carbocycles. The zero-order valence-corrected chi connectivity index (χ0v) is 17.5. The summed E-state index contributed by atoms with van der Waals surface area (Å²) in [6, 6.07) is 3.34. The number of H-pyrrole nitrogens is 1. The molecule has 0 atom stereocenters. The van der Waals surface area contributed by atoms with Crippen molar-refractivity contribution in [3.63, 3.8) is 0 Å². The van der Waals surface area contributed by atoms with Crippen LogP contribution in [0, 0.1) is 5.92 Å². The van der Waals surface area contributed by atoms with E-state index >= 15 is 0 Å². The number of fused-ring (bicyclic) bond motifs is 1. The Balaban J connectivity index is 1.81. The molecule has 9 heteroatoms. The molecule has 2 heterocycles. The third-order valence-corrected chi connectivity index (χ3v) is 4.54. The van der Waals surface area contributed by atoms with E-state index in [9.17, 15) is 4.79 Å². The second-order valence-corrected chi connectivity index (χ2v) is 7.24. The number of benzene rings is 1. The Morgan fingerprint density at radius 3 is 2.52 bits per heavy atom. The Morgan fingerprint density at radius 2 is 1.86 bits per heavy atom. The molecule has 29 heavy (non-hydrogen) atoms. The molecule has 1 N–H and O–H groups in total. The summed E-state index contributed by atoms with van der Waals surface area (Å²) in [6.07, 6.45) is 0.778. The van der Waals surface area contributed by atoms with Crippen LogP contribution in [0.2, 0.25) is 0 Å². The normalized spacial score (nSPS) is 11.6. The summed E-state index contributed by atoms with van der Waals surface area (Å²) >= 11 is 0. The lowest BCUT2D eigenvalue weighted by atomic mass is 10.1. The Bertz CT molecular complexity index is 1030. The average molecular weight is 401 g/mol. The van der Waals surface area contributed by atoms with Crippen LogP contribution < -0.4 is 15.0 Å². The molecule has 3 aromatic rings. The van der Waals surface area contributed by atoms with Crippen LogP contribution in [0.15, 0.2) is 21.5 Å². The van der Waals surface area contributed by atoms with E-state index in [1.807, 2.05) is 6.92 Å². The van der Waals surface area contributed by atoms with Gasteiger partial charge in [-0.3, -0.25) is 9.69 Å². The van der Waals surface area contributed by atoms with Crippen molar-refractivity contribution in [1.29, 1.82) is 0 Å². The predicted molar refractivity (Wildman–Crippen MR) is 108 cm³/mol. The van der Waals surface area contributed by atoms with Gasteiger partial charge in [-0.1, -0.05) is 25.9 Å². The molecule has 2 aromatic heterocycles. The fraction of sp³-hybridized carbons (Fsp3) is 0.500. The maximum absolute atomic E-state index is 12.6. The first-order chi connectivity index (χ1) is 13.9. The number of aromatic amines is 1. The van der Waals surface area contributed by atoms with Crippen molar-refractivity contribution in [2.24, 2.45) is 5.92 Å². The van der Waals surface area contributed by atoms with Gasteiger partial charge in [0.15, 0.2) is 17.3 Å². The second kappa shape index (κ2) is 9.04. The molecule has 0 saturated heterocycles. The lowest BCUT2D eigenvalue weighted by Gasteiger charge is -2.17. The highest BCUT2D eigenvalue weighted by Crippen LogP contribution is 2.29. The maximum atomic E-state index is 12.6. The molecule has 0 aliphatic rings. The number of rotatable bonds is 9. The summed E-state index contributed by atoms with van der Waals surface area (Å²) in [7, 11) is 3.08. The fourth-order valence-corrected chi connectivity index (χ4v) is 3.07. The zero-order valence-electron chi connectivity index (χ0n) is 17.5. The van der Waals surface area contributed by atoms with E-state index in [0.717, 1.165) is 13.0 Å². The molecule has 0 aliphatic heterocycles. The third-order valence-electron chi connectivity index (χ3n) is 4.54. The molecule has 0 fully saturated rings. The molecule has 0 unspecified atom stereocenters. The lowest BCUT2D eigenvalue weighted by Crippen LogP contribution is -2.25. The average Bonchev–Trinajstić information content (AvgIpc) is 3.12. The monoisotopic (exact) mass is 401 g/mol. The Morgan fingerprint density at radius 1 is 1.14 bits per heavy atom. The Hall–Kier alpha value is -2.94. The van der Waals surface area contributed by atoms with E-state index in [1.165, 1.54) is 7.11 Å². The van der Waals surface area contributed by atoms with Gasteiger partial charge >= 0.3 is 0 Å². The molecule has 1 aromatic carbocycles. The van der Waals surface area contributed by atoms with Crippen molar-refractivity contribution in [3.05, 3.63) is 40.0 Å². The van der Waals surface area contributed by atoms with Crippen LogP contribution in [-0.4, -0.2) is 45.8 Å². The number of hydrogen-bond acceptors (Lipinski definition) is 8. The summed E-state index contributed by atoms with van der Waals surface area (Å²) in [4.78, 5) is 26.5. The van der Waals surface area contributed by atoms with Crippen molar-refractivity contribution >= 4 is 10.9 Å². The Kier molecular flexibility index (Phi) is 6.48. The summed E-state index contributed by atoms with van der Waals surface area (Å²) in [5.74, 6) is 3.30. The highest BCUT2D eigenvalue weighted by atomic mass is 16.5. The molecule has 3 rings (SSSR count). The number of methoxy groups -OCH3 is 2. The smallest absolute Gasteiger partial charge is 0.258 e. The van der Waals surface area contributed by atoms with E-state index in [-0.39, 0.29) is 5.56 Å². The topological polar surface area (TPSA) is 106 Å². The summed E-state index contributed by atoms with van der Waals surface area (Å²) < 4.78 is 15.9. The van der Waals surface area contributed by atoms with Gasteiger partial charge in [-0.2, -0.15) is 4.98 Å². The summed E-state index contributed by atoms with van der Waals surface area (Å²) in [6.45, 7) is 7.91. The fourth-order valence-electron chi connectivity index (χ4n) is 3.07. The van der Waals surface area contributed by atoms with Gasteiger partial charge in [-0.15, -0.1) is 0 Å². The number of aromatic nitrogens is 4. The van der Waals surface area contributed by atoms with Crippen LogP contribution in [0.3, 0.4) is 0 Å². The van der Waals surface area contributed by atoms with Crippen LogP contribution >= 0.6 is 0 Å². The number of nitrogens with one attached hydrogen (secondary N) is 1. The Labute approximate surface area is 169 Å². The largest absolute Gasteiger partial charge is 0.493 e. The van der Waals surface area contributed by atoms with Crippen molar-refractivity contribution in [3.8, 4) is 11.5 Å². The van der Waals surface area contributed by atoms with Gasteiger partial charge in [0.1, 0.15) is 5.82 Å². The maximum Gasteiger partial charge on any atom is 0.258 e. The van der Waals surface area contributed by atoms with Gasteiger partial charge in [0.2, 0.25) is 5.89 Å². The minimum atomic E-state index is -0.223. The molecule has 0 radical (unpaired) electrons. The molecule has 0 bridgehead atoms. The van der Waals surface area contributed by atoms with E-state index < -0.39 is 0 Å². The van der Waals surface area contributed by atoms with Crippen LogP contribution in [0.1, 0.15) is 38.3 Å². The molecule has 0 amide bonds. The number of hydrogen-bond donors (Lipinski definition) is 1. The third kappa shape index (κ3) is 4.92. The quantitative estimate of drug-likeness (QED) is 0.583. The highest BCUT2D eigenvalue weighted by Gasteiger charge is 2.15. The summed E-state index contributed by atoms with van der Waals surface area (Å²) in [5.41, 5.74) is 0.327. The van der Waals surface area contributed by atoms with E-state index in [1.54, 1.807) is 19.2 Å². The number of ether oxygens (including phenoxy) is 2. The first kappa shape index (κ1) is 20.8. The predicted octanol–water partition coefficient (Wildman–Crippen LogP) is 2.54. The highest BCUT2D eigenvalue weighted by molar-refractivity contribution is 5.81. The van der Waals surface area contributed by atoms with Gasteiger partial charge in [-0.25, -0.2) is 4.98 Å². The molecular weight excluding hydrogens is 374 g/mol. The first-order valence-electron chi connectivity index (χ1n) is 9.62. The molecule has 9 nitrogen and oxygen atoms in total. The van der Waals surface area contributed by atoms with Gasteiger partial charge in [0.05, 0.1) is 38.2 Å². The van der Waals surface area contributed by atoms with Crippen LogP contribution in [0.25, 0.3) is 10.9 Å². The van der Waals surface area contributed by atoms with E-state index in [4.69, 9.17) is 14.0 Å². The van der Waals surface area contributed by atoms with Crippen LogP contribution in [0.5, 0.6) is 11.5 Å². The van der Waals surface area contributed by atoms with Gasteiger partial charge < -0.3 is 19.0 Å². The van der Waals surface area contributed by atoms with Crippen molar-refractivity contribution in [2.75, 3.05) is 20.8 Å². The van der Waals surface area contributed by atoms with Crippen LogP contribution in [-0.2, 0) is 19.5 Å². The molecule has 0 spiro atoms. The molecule has 0 aliphatic carbocycles. The zero-order chi connectivity index (χ0) is 21.0.